The fourth-order valence-electron chi connectivity index (χ4n) is 1.39. The maximum atomic E-state index is 11.0. The van der Waals surface area contributed by atoms with Gasteiger partial charge in [0.1, 0.15) is 11.8 Å². The Labute approximate surface area is 107 Å². The van der Waals surface area contributed by atoms with E-state index in [9.17, 15) is 4.79 Å². The molecule has 0 aromatic heterocycles. The molecule has 1 aromatic carbocycles. The Morgan fingerprint density at radius 2 is 1.94 bits per heavy atom. The van der Waals surface area contributed by atoms with Gasteiger partial charge in [-0.3, -0.25) is 4.79 Å². The first-order valence-electron chi connectivity index (χ1n) is 5.73. The molecule has 0 saturated heterocycles. The summed E-state index contributed by atoms with van der Waals surface area (Å²) in [5.74, 6) is 0.421. The number of carbonyl (C=O) groups excluding carboxylic acids is 1. The summed E-state index contributed by atoms with van der Waals surface area (Å²) in [4.78, 5) is 11.0. The lowest BCUT2D eigenvalue weighted by molar-refractivity contribution is -0.140. The monoisotopic (exact) mass is 247 g/mol. The number of benzene rings is 1. The molecule has 0 bridgehead atoms. The van der Waals surface area contributed by atoms with E-state index in [0.717, 1.165) is 5.56 Å². The minimum atomic E-state index is -0.840. The summed E-state index contributed by atoms with van der Waals surface area (Å²) < 4.78 is 10.1. The number of esters is 1. The molecule has 18 heavy (non-hydrogen) atoms. The third-order valence-electron chi connectivity index (χ3n) is 2.41. The molecule has 1 rings (SSSR count). The van der Waals surface area contributed by atoms with Gasteiger partial charge in [-0.2, -0.15) is 5.26 Å². The summed E-state index contributed by atoms with van der Waals surface area (Å²) in [5.41, 5.74) is 0.190. The number of rotatable bonds is 5. The van der Waals surface area contributed by atoms with Crippen LogP contribution in [-0.4, -0.2) is 18.7 Å². The zero-order chi connectivity index (χ0) is 13.6. The van der Waals surface area contributed by atoms with E-state index in [1.54, 1.807) is 26.0 Å². The van der Waals surface area contributed by atoms with Crippen LogP contribution in [0.25, 0.3) is 0 Å². The van der Waals surface area contributed by atoms with Crippen LogP contribution in [0.4, 0.5) is 0 Å². The third kappa shape index (κ3) is 4.46. The lowest BCUT2D eigenvalue weighted by Crippen LogP contribution is -2.25. The van der Waals surface area contributed by atoms with Crippen molar-refractivity contribution in [3.63, 3.8) is 0 Å². The SMILES string of the molecule is COC(=O)CCc1ccc(OC(C)(C)C#N)cc1. The number of carbonyl (C=O) groups is 1. The molecule has 96 valence electrons. The van der Waals surface area contributed by atoms with Crippen molar-refractivity contribution in [2.75, 3.05) is 7.11 Å². The van der Waals surface area contributed by atoms with Gasteiger partial charge in [0.05, 0.1) is 7.11 Å². The Hall–Kier alpha value is -2.02. The van der Waals surface area contributed by atoms with Crippen molar-refractivity contribution in [2.24, 2.45) is 0 Å². The van der Waals surface area contributed by atoms with Gasteiger partial charge in [0.15, 0.2) is 5.60 Å². The molecule has 0 radical (unpaired) electrons. The van der Waals surface area contributed by atoms with Gasteiger partial charge in [0.25, 0.3) is 0 Å². The van der Waals surface area contributed by atoms with Gasteiger partial charge in [-0.05, 0) is 38.0 Å². The number of hydrogen-bond acceptors (Lipinski definition) is 4. The molecule has 4 heteroatoms. The average Bonchev–Trinajstić information content (AvgIpc) is 2.37. The number of ether oxygens (including phenoxy) is 2. The quantitative estimate of drug-likeness (QED) is 0.750. The molecule has 0 spiro atoms. The summed E-state index contributed by atoms with van der Waals surface area (Å²) in [6.07, 6.45) is 0.995. The molecular formula is C14H17NO3. The molecule has 0 heterocycles. The summed E-state index contributed by atoms with van der Waals surface area (Å²) in [6, 6.07) is 9.42. The average molecular weight is 247 g/mol. The summed E-state index contributed by atoms with van der Waals surface area (Å²) in [5, 5.41) is 8.86. The van der Waals surface area contributed by atoms with E-state index < -0.39 is 5.60 Å². The van der Waals surface area contributed by atoms with E-state index in [2.05, 4.69) is 10.8 Å². The van der Waals surface area contributed by atoms with Crippen LogP contribution in [0.5, 0.6) is 5.75 Å². The van der Waals surface area contributed by atoms with E-state index in [1.807, 2.05) is 12.1 Å². The first-order valence-corrected chi connectivity index (χ1v) is 5.73. The molecule has 0 saturated carbocycles. The number of hydrogen-bond donors (Lipinski definition) is 0. The zero-order valence-corrected chi connectivity index (χ0v) is 10.9. The minimum Gasteiger partial charge on any atom is -0.473 e. The summed E-state index contributed by atoms with van der Waals surface area (Å²) in [6.45, 7) is 3.41. The molecule has 0 aliphatic rings. The molecular weight excluding hydrogens is 230 g/mol. The maximum Gasteiger partial charge on any atom is 0.305 e. The predicted molar refractivity (Wildman–Crippen MR) is 67.1 cm³/mol. The molecule has 0 aliphatic heterocycles. The van der Waals surface area contributed by atoms with Gasteiger partial charge in [0.2, 0.25) is 0 Å². The molecule has 4 nitrogen and oxygen atoms in total. The highest BCUT2D eigenvalue weighted by molar-refractivity contribution is 5.69. The van der Waals surface area contributed by atoms with Crippen LogP contribution in [0, 0.1) is 11.3 Å². The van der Waals surface area contributed by atoms with Crippen LogP contribution in [0.2, 0.25) is 0 Å². The van der Waals surface area contributed by atoms with Gasteiger partial charge in [-0.15, -0.1) is 0 Å². The highest BCUT2D eigenvalue weighted by atomic mass is 16.5. The largest absolute Gasteiger partial charge is 0.473 e. The third-order valence-corrected chi connectivity index (χ3v) is 2.41. The van der Waals surface area contributed by atoms with Crippen LogP contribution >= 0.6 is 0 Å². The smallest absolute Gasteiger partial charge is 0.305 e. The van der Waals surface area contributed by atoms with E-state index in [1.165, 1.54) is 7.11 Å². The van der Waals surface area contributed by atoms with E-state index in [4.69, 9.17) is 10.00 Å². The minimum absolute atomic E-state index is 0.221. The summed E-state index contributed by atoms with van der Waals surface area (Å²) >= 11 is 0. The molecule has 0 fully saturated rings. The van der Waals surface area contributed by atoms with E-state index >= 15 is 0 Å². The molecule has 0 N–H and O–H groups in total. The van der Waals surface area contributed by atoms with Crippen molar-refractivity contribution in [3.8, 4) is 11.8 Å². The van der Waals surface area contributed by atoms with Crippen molar-refractivity contribution in [1.82, 2.24) is 0 Å². The van der Waals surface area contributed by atoms with E-state index in [0.29, 0.717) is 18.6 Å². The Morgan fingerprint density at radius 1 is 1.33 bits per heavy atom. The number of nitriles is 1. The Morgan fingerprint density at radius 3 is 2.44 bits per heavy atom. The second kappa shape index (κ2) is 6.06. The Kier molecular flexibility index (Phi) is 4.73. The number of nitrogens with zero attached hydrogens (tertiary/aromatic N) is 1. The standard InChI is InChI=1S/C14H17NO3/c1-14(2,10-15)18-12-7-4-11(5-8-12)6-9-13(16)17-3/h4-5,7-8H,6,9H2,1-3H3. The second-order valence-corrected chi connectivity index (χ2v) is 4.44. The topological polar surface area (TPSA) is 59.3 Å². The molecule has 0 aliphatic carbocycles. The predicted octanol–water partition coefficient (Wildman–Crippen LogP) is 2.47. The lowest BCUT2D eigenvalue weighted by atomic mass is 10.1. The van der Waals surface area contributed by atoms with Gasteiger partial charge < -0.3 is 9.47 Å². The van der Waals surface area contributed by atoms with Gasteiger partial charge >= 0.3 is 5.97 Å². The molecule has 1 aromatic rings. The van der Waals surface area contributed by atoms with Crippen LogP contribution in [-0.2, 0) is 16.0 Å². The normalized spacial score (nSPS) is 10.6. The summed E-state index contributed by atoms with van der Waals surface area (Å²) in [7, 11) is 1.38. The molecule has 0 amide bonds. The zero-order valence-electron chi connectivity index (χ0n) is 10.9. The molecule has 0 unspecified atom stereocenters. The van der Waals surface area contributed by atoms with Crippen molar-refractivity contribution in [1.29, 1.82) is 5.26 Å². The van der Waals surface area contributed by atoms with Crippen LogP contribution in [0.1, 0.15) is 25.8 Å². The first kappa shape index (κ1) is 14.0. The van der Waals surface area contributed by atoms with Crippen LogP contribution < -0.4 is 4.74 Å². The van der Waals surface area contributed by atoms with Gasteiger partial charge in [-0.1, -0.05) is 12.1 Å². The van der Waals surface area contributed by atoms with Crippen LogP contribution in [0.15, 0.2) is 24.3 Å². The fourth-order valence-corrected chi connectivity index (χ4v) is 1.39. The number of aryl methyl sites for hydroxylation is 1. The highest BCUT2D eigenvalue weighted by Gasteiger charge is 2.17. The van der Waals surface area contributed by atoms with Crippen molar-refractivity contribution in [3.05, 3.63) is 29.8 Å². The Bertz CT molecular complexity index is 443. The van der Waals surface area contributed by atoms with Crippen molar-refractivity contribution < 1.29 is 14.3 Å². The van der Waals surface area contributed by atoms with Crippen molar-refractivity contribution >= 4 is 5.97 Å². The lowest BCUT2D eigenvalue weighted by Gasteiger charge is -2.18. The van der Waals surface area contributed by atoms with Crippen LogP contribution in [0.3, 0.4) is 0 Å². The maximum absolute atomic E-state index is 11.0. The molecule has 0 atom stereocenters. The fraction of sp³-hybridized carbons (Fsp3) is 0.429. The first-order chi connectivity index (χ1) is 8.46. The van der Waals surface area contributed by atoms with Gasteiger partial charge in [0, 0.05) is 6.42 Å². The van der Waals surface area contributed by atoms with Crippen molar-refractivity contribution in [2.45, 2.75) is 32.3 Å². The van der Waals surface area contributed by atoms with E-state index in [-0.39, 0.29) is 5.97 Å². The number of methoxy groups -OCH3 is 1. The van der Waals surface area contributed by atoms with Gasteiger partial charge in [-0.25, -0.2) is 0 Å². The Balaban J connectivity index is 2.58. The highest BCUT2D eigenvalue weighted by Crippen LogP contribution is 2.19. The second-order valence-electron chi connectivity index (χ2n) is 4.44.